The maximum Gasteiger partial charge on any atom is 0.264 e. The molecule has 3 aromatic rings. The van der Waals surface area contributed by atoms with Gasteiger partial charge in [0.15, 0.2) is 0 Å². The molecule has 9 heteroatoms. The van der Waals surface area contributed by atoms with Gasteiger partial charge in [-0.15, -0.1) is 0 Å². The third kappa shape index (κ3) is 7.63. The fourth-order valence-corrected chi connectivity index (χ4v) is 5.86. The van der Waals surface area contributed by atoms with E-state index in [2.05, 4.69) is 5.32 Å². The first-order chi connectivity index (χ1) is 19.1. The molecular formula is C31H39N3O5S. The van der Waals surface area contributed by atoms with Gasteiger partial charge >= 0.3 is 0 Å². The van der Waals surface area contributed by atoms with Crippen LogP contribution in [0.1, 0.15) is 38.3 Å². The summed E-state index contributed by atoms with van der Waals surface area (Å²) >= 11 is 0. The van der Waals surface area contributed by atoms with Crippen molar-refractivity contribution in [3.05, 3.63) is 90.0 Å². The summed E-state index contributed by atoms with van der Waals surface area (Å²) in [6.07, 6.45) is 0.363. The first-order valence-electron chi connectivity index (χ1n) is 13.4. The molecule has 8 nitrogen and oxygen atoms in total. The van der Waals surface area contributed by atoms with Crippen LogP contribution in [0.25, 0.3) is 0 Å². The Labute approximate surface area is 238 Å². The number of aryl methyl sites for hydroxylation is 1. The van der Waals surface area contributed by atoms with Crippen molar-refractivity contribution in [3.63, 3.8) is 0 Å². The van der Waals surface area contributed by atoms with Crippen LogP contribution in [0.3, 0.4) is 0 Å². The van der Waals surface area contributed by atoms with Crippen molar-refractivity contribution >= 4 is 27.5 Å². The van der Waals surface area contributed by atoms with E-state index in [1.165, 1.54) is 24.1 Å². The van der Waals surface area contributed by atoms with Crippen LogP contribution >= 0.6 is 0 Å². The Morgan fingerprint density at radius 3 is 2.25 bits per heavy atom. The van der Waals surface area contributed by atoms with E-state index in [-0.39, 0.29) is 29.0 Å². The second-order valence-electron chi connectivity index (χ2n) is 10.1. The fraction of sp³-hybridized carbons (Fsp3) is 0.355. The number of rotatable bonds is 13. The van der Waals surface area contributed by atoms with Crippen molar-refractivity contribution in [1.29, 1.82) is 0 Å². The number of anilines is 1. The number of carbonyl (C=O) groups excluding carboxylic acids is 2. The zero-order valence-corrected chi connectivity index (χ0v) is 24.6. The standard InChI is InChI=1S/C31H39N3O5S/c1-6-27(31(36)32-20-23(2)3)33(21-25-14-12-13-24(4)19-25)30(35)22-34(28-17-10-11-18-29(28)39-5)40(37,38)26-15-8-7-9-16-26/h7-19,23,27H,6,20-22H2,1-5H3,(H,32,36). The first-order valence-corrected chi connectivity index (χ1v) is 14.9. The molecule has 0 spiro atoms. The largest absolute Gasteiger partial charge is 0.495 e. The summed E-state index contributed by atoms with van der Waals surface area (Å²) in [6, 6.07) is 21.5. The second kappa shape index (κ2) is 14.0. The molecule has 2 amide bonds. The summed E-state index contributed by atoms with van der Waals surface area (Å²) in [7, 11) is -2.72. The van der Waals surface area contributed by atoms with E-state index in [1.54, 1.807) is 42.5 Å². The van der Waals surface area contributed by atoms with Crippen LogP contribution in [-0.2, 0) is 26.2 Å². The van der Waals surface area contributed by atoms with Crippen LogP contribution in [0.4, 0.5) is 5.69 Å². The van der Waals surface area contributed by atoms with Crippen molar-refractivity contribution in [3.8, 4) is 5.75 Å². The van der Waals surface area contributed by atoms with Gasteiger partial charge < -0.3 is 15.0 Å². The topological polar surface area (TPSA) is 96.0 Å². The molecule has 0 saturated carbocycles. The van der Waals surface area contributed by atoms with E-state index >= 15 is 0 Å². The van der Waals surface area contributed by atoms with E-state index < -0.39 is 28.5 Å². The molecule has 0 aliphatic rings. The molecule has 214 valence electrons. The molecule has 0 bridgehead atoms. The van der Waals surface area contributed by atoms with Crippen molar-refractivity contribution in [2.24, 2.45) is 5.92 Å². The van der Waals surface area contributed by atoms with Crippen LogP contribution in [0.15, 0.2) is 83.8 Å². The molecule has 40 heavy (non-hydrogen) atoms. The minimum atomic E-state index is -4.16. The predicted molar refractivity (Wildman–Crippen MR) is 158 cm³/mol. The number of hydrogen-bond donors (Lipinski definition) is 1. The molecule has 0 fully saturated rings. The summed E-state index contributed by atoms with van der Waals surface area (Å²) in [5.74, 6) is -0.230. The van der Waals surface area contributed by atoms with Gasteiger partial charge in [0.1, 0.15) is 18.3 Å². The maximum atomic E-state index is 14.1. The smallest absolute Gasteiger partial charge is 0.264 e. The number of sulfonamides is 1. The highest BCUT2D eigenvalue weighted by molar-refractivity contribution is 7.92. The number of amides is 2. The Morgan fingerprint density at radius 1 is 0.950 bits per heavy atom. The molecular weight excluding hydrogens is 526 g/mol. The molecule has 3 rings (SSSR count). The first kappa shape index (κ1) is 30.7. The van der Waals surface area contributed by atoms with Crippen LogP contribution in [0, 0.1) is 12.8 Å². The number of methoxy groups -OCH3 is 1. The van der Waals surface area contributed by atoms with Gasteiger partial charge in [-0.25, -0.2) is 8.42 Å². The lowest BCUT2D eigenvalue weighted by atomic mass is 10.1. The third-order valence-electron chi connectivity index (χ3n) is 6.47. The molecule has 0 aliphatic carbocycles. The Balaban J connectivity index is 2.07. The number of ether oxygens (including phenoxy) is 1. The number of hydrogen-bond acceptors (Lipinski definition) is 5. The number of nitrogens with one attached hydrogen (secondary N) is 1. The average Bonchev–Trinajstić information content (AvgIpc) is 2.95. The highest BCUT2D eigenvalue weighted by atomic mass is 32.2. The summed E-state index contributed by atoms with van der Waals surface area (Å²) in [6.45, 7) is 7.90. The molecule has 1 unspecified atom stereocenters. The lowest BCUT2D eigenvalue weighted by Gasteiger charge is -2.33. The number of nitrogens with zero attached hydrogens (tertiary/aromatic N) is 2. The van der Waals surface area contributed by atoms with Crippen molar-refractivity contribution in [2.45, 2.75) is 51.6 Å². The monoisotopic (exact) mass is 565 g/mol. The van der Waals surface area contributed by atoms with Gasteiger partial charge in [0.2, 0.25) is 11.8 Å². The molecule has 0 aromatic heterocycles. The highest BCUT2D eigenvalue weighted by Gasteiger charge is 2.34. The third-order valence-corrected chi connectivity index (χ3v) is 8.24. The van der Waals surface area contributed by atoms with Gasteiger partial charge in [-0.1, -0.05) is 80.9 Å². The van der Waals surface area contributed by atoms with Gasteiger partial charge in [0.25, 0.3) is 10.0 Å². The zero-order valence-electron chi connectivity index (χ0n) is 23.8. The van der Waals surface area contributed by atoms with Crippen molar-refractivity contribution in [2.75, 3.05) is 24.5 Å². The van der Waals surface area contributed by atoms with E-state index in [9.17, 15) is 18.0 Å². The number of carbonyl (C=O) groups is 2. The van der Waals surface area contributed by atoms with Gasteiger partial charge in [-0.2, -0.15) is 0 Å². The second-order valence-corrected chi connectivity index (χ2v) is 11.9. The van der Waals surface area contributed by atoms with Crippen LogP contribution in [-0.4, -0.2) is 51.4 Å². The molecule has 1 atom stereocenters. The Hall–Kier alpha value is -3.85. The minimum absolute atomic E-state index is 0.0423. The highest BCUT2D eigenvalue weighted by Crippen LogP contribution is 2.32. The summed E-state index contributed by atoms with van der Waals surface area (Å²) in [5, 5.41) is 2.94. The van der Waals surface area contributed by atoms with Crippen molar-refractivity contribution < 1.29 is 22.7 Å². The van der Waals surface area contributed by atoms with Gasteiger partial charge in [-0.05, 0) is 49.1 Å². The minimum Gasteiger partial charge on any atom is -0.495 e. The Kier molecular flexibility index (Phi) is 10.7. The molecule has 3 aromatic carbocycles. The van der Waals surface area contributed by atoms with Gasteiger partial charge in [-0.3, -0.25) is 13.9 Å². The molecule has 0 aliphatic heterocycles. The zero-order chi connectivity index (χ0) is 29.3. The van der Waals surface area contributed by atoms with Crippen LogP contribution < -0.4 is 14.4 Å². The molecule has 0 saturated heterocycles. The van der Waals surface area contributed by atoms with E-state index in [0.717, 1.165) is 15.4 Å². The van der Waals surface area contributed by atoms with Gasteiger partial charge in [0.05, 0.1) is 17.7 Å². The van der Waals surface area contributed by atoms with E-state index in [4.69, 9.17) is 4.74 Å². The lowest BCUT2D eigenvalue weighted by Crippen LogP contribution is -2.52. The SMILES string of the molecule is CCC(C(=O)NCC(C)C)N(Cc1cccc(C)c1)C(=O)CN(c1ccccc1OC)S(=O)(=O)c1ccccc1. The van der Waals surface area contributed by atoms with Gasteiger partial charge in [0, 0.05) is 13.1 Å². The summed E-state index contributed by atoms with van der Waals surface area (Å²) < 4.78 is 34.4. The lowest BCUT2D eigenvalue weighted by molar-refractivity contribution is -0.140. The normalized spacial score (nSPS) is 12.1. The molecule has 0 heterocycles. The summed E-state index contributed by atoms with van der Waals surface area (Å²) in [5.41, 5.74) is 2.10. The quantitative estimate of drug-likeness (QED) is 0.322. The average molecular weight is 566 g/mol. The van der Waals surface area contributed by atoms with E-state index in [1.807, 2.05) is 52.0 Å². The Morgan fingerprint density at radius 2 is 1.62 bits per heavy atom. The van der Waals surface area contributed by atoms with E-state index in [0.29, 0.717) is 18.7 Å². The maximum absolute atomic E-state index is 14.1. The predicted octanol–water partition coefficient (Wildman–Crippen LogP) is 4.78. The summed E-state index contributed by atoms with van der Waals surface area (Å²) in [4.78, 5) is 29.0. The van der Waals surface area contributed by atoms with Crippen LogP contribution in [0.2, 0.25) is 0 Å². The number of benzene rings is 3. The molecule has 0 radical (unpaired) electrons. The fourth-order valence-electron chi connectivity index (χ4n) is 4.42. The number of para-hydroxylation sites is 2. The molecule has 1 N–H and O–H groups in total. The Bertz CT molecular complexity index is 1390. The van der Waals surface area contributed by atoms with Crippen LogP contribution in [0.5, 0.6) is 5.75 Å². The van der Waals surface area contributed by atoms with Crippen molar-refractivity contribution in [1.82, 2.24) is 10.2 Å².